The summed E-state index contributed by atoms with van der Waals surface area (Å²) in [5, 5.41) is 5.85. The van der Waals surface area contributed by atoms with Crippen LogP contribution < -0.4 is 10.1 Å². The Labute approximate surface area is 170 Å². The fourth-order valence-electron chi connectivity index (χ4n) is 3.30. The Hall–Kier alpha value is -1.96. The van der Waals surface area contributed by atoms with Crippen molar-refractivity contribution in [2.24, 2.45) is 5.92 Å². The first-order chi connectivity index (χ1) is 13.5. The smallest absolute Gasteiger partial charge is 0.226 e. The van der Waals surface area contributed by atoms with Gasteiger partial charge in [0.05, 0.1) is 31.9 Å². The maximum atomic E-state index is 12.3. The maximum absolute atomic E-state index is 12.3. The summed E-state index contributed by atoms with van der Waals surface area (Å²) in [6, 6.07) is 7.78. The fourth-order valence-corrected chi connectivity index (χ4v) is 4.12. The lowest BCUT2D eigenvalue weighted by Crippen LogP contribution is -2.48. The number of nitrogens with one attached hydrogen (secondary N) is 1. The van der Waals surface area contributed by atoms with Gasteiger partial charge in [-0.15, -0.1) is 11.3 Å². The minimum atomic E-state index is -0.0174. The van der Waals surface area contributed by atoms with E-state index in [1.54, 1.807) is 18.4 Å². The summed E-state index contributed by atoms with van der Waals surface area (Å²) in [5.74, 6) is 1.44. The van der Waals surface area contributed by atoms with Gasteiger partial charge in [0.1, 0.15) is 10.8 Å². The summed E-state index contributed by atoms with van der Waals surface area (Å²) in [6.07, 6.45) is 0.344. The second-order valence-electron chi connectivity index (χ2n) is 7.50. The Balaban J connectivity index is 1.46. The van der Waals surface area contributed by atoms with E-state index in [9.17, 15) is 4.79 Å². The predicted molar refractivity (Wildman–Crippen MR) is 112 cm³/mol. The van der Waals surface area contributed by atoms with Gasteiger partial charge in [-0.3, -0.25) is 9.69 Å². The van der Waals surface area contributed by atoms with E-state index in [2.05, 4.69) is 29.0 Å². The quantitative estimate of drug-likeness (QED) is 0.734. The first-order valence-corrected chi connectivity index (χ1v) is 10.6. The molecule has 7 heteroatoms. The van der Waals surface area contributed by atoms with Crippen molar-refractivity contribution in [3.05, 3.63) is 35.3 Å². The summed E-state index contributed by atoms with van der Waals surface area (Å²) in [7, 11) is 1.65. The molecule has 0 bridgehead atoms. The van der Waals surface area contributed by atoms with E-state index in [1.165, 1.54) is 0 Å². The molecule has 1 aliphatic heterocycles. The van der Waals surface area contributed by atoms with Crippen molar-refractivity contribution in [2.75, 3.05) is 39.9 Å². The molecule has 1 unspecified atom stereocenters. The van der Waals surface area contributed by atoms with E-state index >= 15 is 0 Å². The van der Waals surface area contributed by atoms with Gasteiger partial charge in [0, 0.05) is 37.1 Å². The summed E-state index contributed by atoms with van der Waals surface area (Å²) in [4.78, 5) is 19.3. The minimum absolute atomic E-state index is 0.0174. The molecule has 28 heavy (non-hydrogen) atoms. The molecule has 0 radical (unpaired) electrons. The van der Waals surface area contributed by atoms with Crippen LogP contribution in [0.4, 0.5) is 0 Å². The highest BCUT2D eigenvalue weighted by molar-refractivity contribution is 7.13. The maximum Gasteiger partial charge on any atom is 0.226 e. The molecule has 1 amide bonds. The number of rotatable bonds is 8. The molecule has 1 atom stereocenters. The largest absolute Gasteiger partial charge is 0.497 e. The van der Waals surface area contributed by atoms with Gasteiger partial charge >= 0.3 is 0 Å². The molecular weight excluding hydrogens is 374 g/mol. The topological polar surface area (TPSA) is 63.7 Å². The normalized spacial score (nSPS) is 17.6. The van der Waals surface area contributed by atoms with Crippen LogP contribution in [0.1, 0.15) is 19.5 Å². The van der Waals surface area contributed by atoms with Crippen LogP contribution >= 0.6 is 11.3 Å². The summed E-state index contributed by atoms with van der Waals surface area (Å²) >= 11 is 1.55. The number of thiazole rings is 1. The van der Waals surface area contributed by atoms with Gasteiger partial charge < -0.3 is 14.8 Å². The molecule has 152 valence electrons. The molecule has 1 aromatic heterocycles. The highest BCUT2D eigenvalue weighted by Gasteiger charge is 2.21. The second kappa shape index (κ2) is 10.0. The number of hydrogen-bond acceptors (Lipinski definition) is 6. The van der Waals surface area contributed by atoms with Gasteiger partial charge in [0.15, 0.2) is 0 Å². The molecule has 1 N–H and O–H groups in total. The van der Waals surface area contributed by atoms with E-state index in [0.717, 1.165) is 48.3 Å². The molecule has 3 rings (SSSR count). The molecule has 2 aromatic rings. The summed E-state index contributed by atoms with van der Waals surface area (Å²) in [6.45, 7) is 8.63. The first kappa shape index (κ1) is 20.8. The lowest BCUT2D eigenvalue weighted by molar-refractivity contribution is -0.121. The zero-order chi connectivity index (χ0) is 19.9. The van der Waals surface area contributed by atoms with Gasteiger partial charge in [0.2, 0.25) is 5.91 Å². The second-order valence-corrected chi connectivity index (χ2v) is 8.36. The molecule has 6 nitrogen and oxygen atoms in total. The number of amides is 1. The van der Waals surface area contributed by atoms with Crippen molar-refractivity contribution >= 4 is 17.2 Å². The van der Waals surface area contributed by atoms with Crippen LogP contribution in [0.15, 0.2) is 29.6 Å². The monoisotopic (exact) mass is 403 g/mol. The van der Waals surface area contributed by atoms with E-state index in [4.69, 9.17) is 9.47 Å². The number of methoxy groups -OCH3 is 1. The van der Waals surface area contributed by atoms with Crippen LogP contribution in [0.25, 0.3) is 10.6 Å². The zero-order valence-electron chi connectivity index (χ0n) is 16.8. The summed E-state index contributed by atoms with van der Waals surface area (Å²) in [5.41, 5.74) is 1.82. The standard InChI is InChI=1S/C21H29N3O3S/c1-15(2)12-24-8-9-27-19(13-24)11-22-20(25)10-17-14-28-21(23-17)16-4-6-18(26-3)7-5-16/h4-7,14-15,19H,8-13H2,1-3H3,(H,22,25). The van der Waals surface area contributed by atoms with Crippen molar-refractivity contribution < 1.29 is 14.3 Å². The van der Waals surface area contributed by atoms with E-state index in [1.807, 2.05) is 29.6 Å². The van der Waals surface area contributed by atoms with Crippen molar-refractivity contribution in [2.45, 2.75) is 26.4 Å². The van der Waals surface area contributed by atoms with Gasteiger partial charge in [-0.1, -0.05) is 13.8 Å². The van der Waals surface area contributed by atoms with Crippen molar-refractivity contribution in [1.29, 1.82) is 0 Å². The third-order valence-corrected chi connectivity index (χ3v) is 5.54. The molecule has 0 saturated carbocycles. The Morgan fingerprint density at radius 2 is 2.18 bits per heavy atom. The third-order valence-electron chi connectivity index (χ3n) is 4.60. The molecule has 2 heterocycles. The van der Waals surface area contributed by atoms with Crippen LogP contribution in [0.5, 0.6) is 5.75 Å². The van der Waals surface area contributed by atoms with Crippen molar-refractivity contribution in [3.63, 3.8) is 0 Å². The number of hydrogen-bond donors (Lipinski definition) is 1. The van der Waals surface area contributed by atoms with Crippen LogP contribution in [-0.4, -0.2) is 61.8 Å². The first-order valence-electron chi connectivity index (χ1n) is 9.73. The van der Waals surface area contributed by atoms with Crippen LogP contribution in [0.3, 0.4) is 0 Å². The molecule has 0 spiro atoms. The average Bonchev–Trinajstić information content (AvgIpc) is 3.14. The molecular formula is C21H29N3O3S. The van der Waals surface area contributed by atoms with Gasteiger partial charge in [-0.05, 0) is 30.2 Å². The lowest BCUT2D eigenvalue weighted by atomic mass is 10.2. The highest BCUT2D eigenvalue weighted by Crippen LogP contribution is 2.25. The van der Waals surface area contributed by atoms with Crippen molar-refractivity contribution in [1.82, 2.24) is 15.2 Å². The lowest BCUT2D eigenvalue weighted by Gasteiger charge is -2.33. The fraction of sp³-hybridized carbons (Fsp3) is 0.524. The highest BCUT2D eigenvalue weighted by atomic mass is 32.1. The third kappa shape index (κ3) is 6.02. The molecule has 1 aromatic carbocycles. The molecule has 1 fully saturated rings. The van der Waals surface area contributed by atoms with E-state index in [-0.39, 0.29) is 18.4 Å². The van der Waals surface area contributed by atoms with Crippen LogP contribution in [0, 0.1) is 5.92 Å². The number of carbonyl (C=O) groups excluding carboxylic acids is 1. The Morgan fingerprint density at radius 3 is 2.89 bits per heavy atom. The van der Waals surface area contributed by atoms with E-state index < -0.39 is 0 Å². The number of aromatic nitrogens is 1. The minimum Gasteiger partial charge on any atom is -0.497 e. The SMILES string of the molecule is COc1ccc(-c2nc(CC(=O)NCC3CN(CC(C)C)CCO3)cs2)cc1. The zero-order valence-corrected chi connectivity index (χ0v) is 17.6. The average molecular weight is 404 g/mol. The number of carbonyl (C=O) groups is 1. The van der Waals surface area contributed by atoms with Gasteiger partial charge in [-0.2, -0.15) is 0 Å². The Morgan fingerprint density at radius 1 is 1.39 bits per heavy atom. The van der Waals surface area contributed by atoms with E-state index in [0.29, 0.717) is 12.5 Å². The van der Waals surface area contributed by atoms with Crippen molar-refractivity contribution in [3.8, 4) is 16.3 Å². The summed E-state index contributed by atoms with van der Waals surface area (Å²) < 4.78 is 11.0. The number of ether oxygens (including phenoxy) is 2. The van der Waals surface area contributed by atoms with Gasteiger partial charge in [0.25, 0.3) is 0 Å². The number of nitrogens with zero attached hydrogens (tertiary/aromatic N) is 2. The van der Waals surface area contributed by atoms with Crippen LogP contribution in [-0.2, 0) is 16.0 Å². The number of morpholine rings is 1. The molecule has 1 aliphatic rings. The van der Waals surface area contributed by atoms with Crippen LogP contribution in [0.2, 0.25) is 0 Å². The molecule has 1 saturated heterocycles. The Kier molecular flexibility index (Phi) is 7.42. The van der Waals surface area contributed by atoms with Gasteiger partial charge in [-0.25, -0.2) is 4.98 Å². The predicted octanol–water partition coefficient (Wildman–Crippen LogP) is 2.83. The molecule has 0 aliphatic carbocycles. The number of benzene rings is 1. The Bertz CT molecular complexity index is 761.